The lowest BCUT2D eigenvalue weighted by Crippen LogP contribution is -2.47. The second kappa shape index (κ2) is 12.3. The van der Waals surface area contributed by atoms with E-state index in [1.54, 1.807) is 14.0 Å². The molecular weight excluding hydrogens is 532 g/mol. The summed E-state index contributed by atoms with van der Waals surface area (Å²) in [5.41, 5.74) is 3.63. The van der Waals surface area contributed by atoms with Gasteiger partial charge in [0.2, 0.25) is 10.0 Å². The Balaban J connectivity index is 1.42. The number of aryl methyl sites for hydroxylation is 1. The molecule has 12 heteroatoms. The van der Waals surface area contributed by atoms with E-state index in [2.05, 4.69) is 26.4 Å². The molecule has 1 aliphatic heterocycles. The third-order valence-corrected chi connectivity index (χ3v) is 9.56. The molecule has 2 aliphatic rings. The van der Waals surface area contributed by atoms with Gasteiger partial charge in [-0.15, -0.1) is 0 Å². The van der Waals surface area contributed by atoms with Crippen molar-refractivity contribution in [1.82, 2.24) is 29.6 Å². The van der Waals surface area contributed by atoms with Crippen molar-refractivity contribution in [3.63, 3.8) is 0 Å². The quantitative estimate of drug-likeness (QED) is 0.417. The maximum Gasteiger partial charge on any atom is 0.257 e. The van der Waals surface area contributed by atoms with E-state index in [-0.39, 0.29) is 17.9 Å². The van der Waals surface area contributed by atoms with Gasteiger partial charge in [-0.2, -0.15) is 4.31 Å². The van der Waals surface area contributed by atoms with Gasteiger partial charge in [0.05, 0.1) is 30.6 Å². The van der Waals surface area contributed by atoms with Crippen LogP contribution in [0.3, 0.4) is 0 Å². The van der Waals surface area contributed by atoms with E-state index in [9.17, 15) is 13.2 Å². The van der Waals surface area contributed by atoms with Crippen molar-refractivity contribution in [1.29, 1.82) is 0 Å². The molecule has 3 heterocycles. The minimum atomic E-state index is -3.17. The molecule has 40 heavy (non-hydrogen) atoms. The summed E-state index contributed by atoms with van der Waals surface area (Å²) in [6.45, 7) is 4.74. The highest BCUT2D eigenvalue weighted by Crippen LogP contribution is 2.35. The summed E-state index contributed by atoms with van der Waals surface area (Å²) in [6, 6.07) is 3.79. The van der Waals surface area contributed by atoms with E-state index < -0.39 is 10.0 Å². The van der Waals surface area contributed by atoms with Crippen LogP contribution in [-0.2, 0) is 16.6 Å². The highest BCUT2D eigenvalue weighted by Gasteiger charge is 2.30. The average Bonchev–Trinajstić information content (AvgIpc) is 3.53. The number of carbonyl (C=O) groups is 1. The SMILES string of the molecule is COc1cc(CN2CCN(S(C)(=O)=O)CC2)cc2[nH]c(C(NC(=O)c3conc3C)C3CCCCCCC3)nc12. The summed E-state index contributed by atoms with van der Waals surface area (Å²) in [4.78, 5) is 24.0. The number of piperazine rings is 1. The van der Waals surface area contributed by atoms with Crippen molar-refractivity contribution in [3.05, 3.63) is 41.0 Å². The number of hydrogen-bond donors (Lipinski definition) is 2. The molecule has 2 N–H and O–H groups in total. The number of nitrogens with one attached hydrogen (secondary N) is 2. The summed E-state index contributed by atoms with van der Waals surface area (Å²) >= 11 is 0. The molecule has 1 atom stereocenters. The van der Waals surface area contributed by atoms with Crippen molar-refractivity contribution < 1.29 is 22.5 Å². The first-order chi connectivity index (χ1) is 19.2. The lowest BCUT2D eigenvalue weighted by Gasteiger charge is -2.33. The third kappa shape index (κ3) is 6.50. The monoisotopic (exact) mass is 572 g/mol. The van der Waals surface area contributed by atoms with E-state index in [0.717, 1.165) is 48.1 Å². The zero-order valence-electron chi connectivity index (χ0n) is 23.6. The molecule has 1 aliphatic carbocycles. The minimum Gasteiger partial charge on any atom is -0.494 e. The first-order valence-corrected chi connectivity index (χ1v) is 16.0. The lowest BCUT2D eigenvalue weighted by atomic mass is 9.85. The standard InChI is InChI=1S/C28H40N6O5S/c1-19-22(18-39-32-19)28(35)31-25(21-9-7-5-4-6-8-10-21)27-29-23-15-20(16-24(38-2)26(23)30-27)17-33-11-13-34(14-12-33)40(3,36)37/h15-16,18,21,25H,4-14,17H2,1-3H3,(H,29,30)(H,31,35). The van der Waals surface area contributed by atoms with Crippen molar-refractivity contribution >= 4 is 27.0 Å². The average molecular weight is 573 g/mol. The van der Waals surface area contributed by atoms with Crippen LogP contribution in [0.2, 0.25) is 0 Å². The molecule has 1 amide bonds. The van der Waals surface area contributed by atoms with Crippen LogP contribution in [0.5, 0.6) is 5.75 Å². The maximum absolute atomic E-state index is 13.3. The highest BCUT2D eigenvalue weighted by molar-refractivity contribution is 7.88. The van der Waals surface area contributed by atoms with Gasteiger partial charge < -0.3 is 19.6 Å². The highest BCUT2D eigenvalue weighted by atomic mass is 32.2. The van der Waals surface area contributed by atoms with Gasteiger partial charge in [-0.1, -0.05) is 37.3 Å². The number of nitrogens with zero attached hydrogens (tertiary/aromatic N) is 4. The Morgan fingerprint density at radius 2 is 1.85 bits per heavy atom. The largest absolute Gasteiger partial charge is 0.494 e. The van der Waals surface area contributed by atoms with E-state index in [4.69, 9.17) is 14.2 Å². The van der Waals surface area contributed by atoms with Crippen molar-refractivity contribution in [3.8, 4) is 5.75 Å². The predicted octanol–water partition coefficient (Wildman–Crippen LogP) is 3.78. The molecule has 0 bridgehead atoms. The molecule has 218 valence electrons. The van der Waals surface area contributed by atoms with E-state index in [1.165, 1.54) is 36.1 Å². The fraction of sp³-hybridized carbons (Fsp3) is 0.607. The van der Waals surface area contributed by atoms with Gasteiger partial charge in [0.1, 0.15) is 28.9 Å². The van der Waals surface area contributed by atoms with Gasteiger partial charge in [0, 0.05) is 32.7 Å². The number of methoxy groups -OCH3 is 1. The Morgan fingerprint density at radius 1 is 1.15 bits per heavy atom. The van der Waals surface area contributed by atoms with Gasteiger partial charge in [-0.3, -0.25) is 9.69 Å². The summed E-state index contributed by atoms with van der Waals surface area (Å²) in [6.07, 6.45) is 10.6. The number of amides is 1. The van der Waals surface area contributed by atoms with Gasteiger partial charge in [-0.05, 0) is 43.4 Å². The van der Waals surface area contributed by atoms with Crippen LogP contribution in [0.4, 0.5) is 0 Å². The number of rotatable bonds is 8. The van der Waals surface area contributed by atoms with Gasteiger partial charge in [0.25, 0.3) is 5.91 Å². The Hall–Kier alpha value is -2.96. The van der Waals surface area contributed by atoms with E-state index in [0.29, 0.717) is 49.7 Å². The van der Waals surface area contributed by atoms with Crippen LogP contribution in [-0.4, -0.2) is 78.2 Å². The molecular formula is C28H40N6O5S. The number of ether oxygens (including phenoxy) is 1. The number of imidazole rings is 1. The zero-order chi connectivity index (χ0) is 28.3. The van der Waals surface area contributed by atoms with Crippen molar-refractivity contribution in [2.24, 2.45) is 5.92 Å². The molecule has 1 saturated heterocycles. The number of H-pyrrole nitrogens is 1. The topological polar surface area (TPSA) is 134 Å². The van der Waals surface area contributed by atoms with Gasteiger partial charge in [-0.25, -0.2) is 13.4 Å². The number of aromatic nitrogens is 3. The molecule has 1 unspecified atom stereocenters. The number of carbonyl (C=O) groups excluding carboxylic acids is 1. The molecule has 1 aromatic carbocycles. The van der Waals surface area contributed by atoms with Crippen LogP contribution in [0.25, 0.3) is 11.0 Å². The zero-order valence-corrected chi connectivity index (χ0v) is 24.4. The molecule has 3 aromatic rings. The number of hydrogen-bond acceptors (Lipinski definition) is 8. The molecule has 11 nitrogen and oxygen atoms in total. The molecule has 1 saturated carbocycles. The normalized spacial score (nSPS) is 19.3. The van der Waals surface area contributed by atoms with Crippen LogP contribution in [0.15, 0.2) is 22.9 Å². The molecule has 2 fully saturated rings. The number of benzene rings is 1. The number of fused-ring (bicyclic) bond motifs is 1. The van der Waals surface area contributed by atoms with Crippen LogP contribution >= 0.6 is 0 Å². The first kappa shape index (κ1) is 28.6. The number of aromatic amines is 1. The fourth-order valence-corrected chi connectivity index (χ4v) is 6.82. The van der Waals surface area contributed by atoms with E-state index >= 15 is 0 Å². The van der Waals surface area contributed by atoms with Crippen molar-refractivity contribution in [2.45, 2.75) is 64.5 Å². The predicted molar refractivity (Wildman–Crippen MR) is 152 cm³/mol. The summed E-state index contributed by atoms with van der Waals surface area (Å²) in [7, 11) is -1.53. The smallest absolute Gasteiger partial charge is 0.257 e. The Kier molecular flexibility index (Phi) is 8.77. The molecule has 0 spiro atoms. The second-order valence-corrected chi connectivity index (χ2v) is 13.1. The van der Waals surface area contributed by atoms with Gasteiger partial charge >= 0.3 is 0 Å². The van der Waals surface area contributed by atoms with Crippen LogP contribution < -0.4 is 10.1 Å². The van der Waals surface area contributed by atoms with Crippen molar-refractivity contribution in [2.75, 3.05) is 39.5 Å². The number of sulfonamides is 1. The minimum absolute atomic E-state index is 0.216. The summed E-state index contributed by atoms with van der Waals surface area (Å²) in [5.74, 6) is 1.43. The second-order valence-electron chi connectivity index (χ2n) is 11.1. The van der Waals surface area contributed by atoms with Gasteiger partial charge in [0.15, 0.2) is 0 Å². The third-order valence-electron chi connectivity index (χ3n) is 8.25. The first-order valence-electron chi connectivity index (χ1n) is 14.2. The summed E-state index contributed by atoms with van der Waals surface area (Å²) in [5, 5.41) is 7.13. The van der Waals surface area contributed by atoms with Crippen LogP contribution in [0, 0.1) is 12.8 Å². The molecule has 5 rings (SSSR count). The fourth-order valence-electron chi connectivity index (χ4n) is 5.99. The van der Waals surface area contributed by atoms with E-state index in [1.807, 2.05) is 6.07 Å². The Bertz CT molecular complexity index is 1420. The summed E-state index contributed by atoms with van der Waals surface area (Å²) < 4.78 is 36.1. The lowest BCUT2D eigenvalue weighted by molar-refractivity contribution is 0.0911. The Morgan fingerprint density at radius 3 is 2.48 bits per heavy atom. The Labute approximate surface area is 235 Å². The van der Waals surface area contributed by atoms with Crippen LogP contribution in [0.1, 0.15) is 78.4 Å². The molecule has 0 radical (unpaired) electrons. The molecule has 2 aromatic heterocycles. The maximum atomic E-state index is 13.3.